The van der Waals surface area contributed by atoms with E-state index in [4.69, 9.17) is 0 Å². The summed E-state index contributed by atoms with van der Waals surface area (Å²) in [5, 5.41) is 12.5. The van der Waals surface area contributed by atoms with Crippen molar-refractivity contribution in [3.8, 4) is 5.69 Å². The van der Waals surface area contributed by atoms with Crippen molar-refractivity contribution in [2.45, 2.75) is 6.17 Å². The second kappa shape index (κ2) is 6.66. The monoisotopic (exact) mass is 367 g/mol. The lowest BCUT2D eigenvalue weighted by Gasteiger charge is -2.36. The lowest BCUT2D eigenvalue weighted by Crippen LogP contribution is -2.43. The topological polar surface area (TPSA) is 63.1 Å². The van der Waals surface area contributed by atoms with Gasteiger partial charge in [0.15, 0.2) is 6.17 Å². The Labute approximate surface area is 162 Å². The summed E-state index contributed by atoms with van der Waals surface area (Å²) < 4.78 is 0. The van der Waals surface area contributed by atoms with Gasteiger partial charge in [-0.15, -0.1) is 5.10 Å². The van der Waals surface area contributed by atoms with Gasteiger partial charge in [0.25, 0.3) is 5.91 Å². The Balaban J connectivity index is 1.60. The predicted octanol–water partition coefficient (Wildman–Crippen LogP) is 4.04. The van der Waals surface area contributed by atoms with E-state index in [1.807, 2.05) is 84.9 Å². The first-order valence-corrected chi connectivity index (χ1v) is 9.03. The van der Waals surface area contributed by atoms with Gasteiger partial charge in [0, 0.05) is 11.4 Å². The van der Waals surface area contributed by atoms with Crippen molar-refractivity contribution < 1.29 is 4.79 Å². The molecular weight excluding hydrogens is 350 g/mol. The van der Waals surface area contributed by atoms with Gasteiger partial charge in [0.2, 0.25) is 0 Å². The van der Waals surface area contributed by atoms with Gasteiger partial charge < -0.3 is 5.32 Å². The van der Waals surface area contributed by atoms with E-state index >= 15 is 0 Å². The number of carbonyl (C=O) groups is 1. The van der Waals surface area contributed by atoms with Crippen LogP contribution in [0, 0.1) is 0 Å². The van der Waals surface area contributed by atoms with Crippen LogP contribution >= 0.6 is 0 Å². The van der Waals surface area contributed by atoms with Crippen molar-refractivity contribution in [3.05, 3.63) is 102 Å². The minimum atomic E-state index is -0.456. The van der Waals surface area contributed by atoms with Crippen LogP contribution in [0.25, 0.3) is 5.69 Å². The van der Waals surface area contributed by atoms with E-state index in [2.05, 4.69) is 15.5 Å². The number of hydrogen-bond acceptors (Lipinski definition) is 4. The summed E-state index contributed by atoms with van der Waals surface area (Å²) in [6, 6.07) is 26.8. The number of hydrogen-bond donors (Lipinski definition) is 1. The average Bonchev–Trinajstić information content (AvgIpc) is 3.25. The molecule has 136 valence electrons. The fourth-order valence-corrected chi connectivity index (χ4v) is 3.40. The fraction of sp³-hybridized carbons (Fsp3) is 0.0455. The highest BCUT2D eigenvalue weighted by atomic mass is 16.2. The van der Waals surface area contributed by atoms with Gasteiger partial charge in [-0.25, -0.2) is 0 Å². The molecule has 0 saturated carbocycles. The van der Waals surface area contributed by atoms with Crippen LogP contribution in [-0.2, 0) is 0 Å². The zero-order valence-corrected chi connectivity index (χ0v) is 14.9. The van der Waals surface area contributed by atoms with Crippen molar-refractivity contribution >= 4 is 17.3 Å². The lowest BCUT2D eigenvalue weighted by molar-refractivity contribution is 0.0974. The first kappa shape index (κ1) is 16.3. The Bertz CT molecular complexity index is 1120. The summed E-state index contributed by atoms with van der Waals surface area (Å²) in [5.74, 6) is -0.0696. The van der Waals surface area contributed by atoms with Crippen LogP contribution in [0.2, 0.25) is 0 Å². The first-order valence-electron chi connectivity index (χ1n) is 9.03. The van der Waals surface area contributed by atoms with E-state index < -0.39 is 6.17 Å². The Morgan fingerprint density at radius 2 is 1.43 bits per heavy atom. The van der Waals surface area contributed by atoms with Gasteiger partial charge in [-0.3, -0.25) is 9.69 Å². The summed E-state index contributed by atoms with van der Waals surface area (Å²) in [6.45, 7) is 0. The van der Waals surface area contributed by atoms with Crippen LogP contribution in [-0.4, -0.2) is 20.9 Å². The highest BCUT2D eigenvalue weighted by molar-refractivity contribution is 6.12. The normalized spacial score (nSPS) is 15.8. The molecule has 28 heavy (non-hydrogen) atoms. The van der Waals surface area contributed by atoms with Crippen LogP contribution in [0.4, 0.5) is 11.4 Å². The summed E-state index contributed by atoms with van der Waals surface area (Å²) in [4.78, 5) is 16.6. The zero-order chi connectivity index (χ0) is 18.9. The largest absolute Gasteiger partial charge is 0.359 e. The standard InChI is InChI=1S/C22H17N5O/c28-22-18-13-7-8-14-19(18)24-21(26(22)16-9-3-1-4-10-16)20-15-23-27(25-20)17-11-5-2-6-12-17/h1-15,21,24H/t21-/m1/s1. The summed E-state index contributed by atoms with van der Waals surface area (Å²) in [7, 11) is 0. The minimum absolute atomic E-state index is 0.0696. The maximum absolute atomic E-state index is 13.3. The van der Waals surface area contributed by atoms with Crippen molar-refractivity contribution in [3.63, 3.8) is 0 Å². The highest BCUT2D eigenvalue weighted by Crippen LogP contribution is 2.35. The average molecular weight is 367 g/mol. The van der Waals surface area contributed by atoms with Gasteiger partial charge in [0.05, 0.1) is 17.4 Å². The number of nitrogens with one attached hydrogen (secondary N) is 1. The van der Waals surface area contributed by atoms with Crippen LogP contribution in [0.15, 0.2) is 91.1 Å². The number of amides is 1. The van der Waals surface area contributed by atoms with Crippen LogP contribution in [0.3, 0.4) is 0 Å². The van der Waals surface area contributed by atoms with E-state index in [9.17, 15) is 4.79 Å². The quantitative estimate of drug-likeness (QED) is 0.594. The molecule has 4 aromatic rings. The van der Waals surface area contributed by atoms with Crippen molar-refractivity contribution in [1.82, 2.24) is 15.0 Å². The molecule has 1 aromatic heterocycles. The Kier molecular flexibility index (Phi) is 3.87. The Morgan fingerprint density at radius 1 is 0.786 bits per heavy atom. The molecule has 3 aromatic carbocycles. The van der Waals surface area contributed by atoms with E-state index in [-0.39, 0.29) is 5.91 Å². The third-order valence-electron chi connectivity index (χ3n) is 4.74. The number of nitrogens with zero attached hydrogens (tertiary/aromatic N) is 4. The fourth-order valence-electron chi connectivity index (χ4n) is 3.40. The summed E-state index contributed by atoms with van der Waals surface area (Å²) >= 11 is 0. The summed E-state index contributed by atoms with van der Waals surface area (Å²) in [6.07, 6.45) is 1.24. The van der Waals surface area contributed by atoms with E-state index in [1.54, 1.807) is 15.9 Å². The molecule has 1 aliphatic heterocycles. The molecule has 0 fully saturated rings. The zero-order valence-electron chi connectivity index (χ0n) is 14.9. The van der Waals surface area contributed by atoms with Crippen molar-refractivity contribution in [2.75, 3.05) is 10.2 Å². The van der Waals surface area contributed by atoms with Gasteiger partial charge in [0.1, 0.15) is 5.69 Å². The lowest BCUT2D eigenvalue weighted by atomic mass is 10.1. The number of anilines is 2. The maximum Gasteiger partial charge on any atom is 0.262 e. The van der Waals surface area contributed by atoms with Gasteiger partial charge in [-0.05, 0) is 36.4 Å². The SMILES string of the molecule is O=C1c2ccccc2N[C@@H](c2cnn(-c3ccccc3)n2)N1c1ccccc1. The molecule has 0 radical (unpaired) electrons. The van der Waals surface area contributed by atoms with E-state index in [0.717, 1.165) is 17.1 Å². The number of fused-ring (bicyclic) bond motifs is 1. The smallest absolute Gasteiger partial charge is 0.262 e. The van der Waals surface area contributed by atoms with Gasteiger partial charge >= 0.3 is 0 Å². The van der Waals surface area contributed by atoms with Gasteiger partial charge in [-0.2, -0.15) is 9.90 Å². The van der Waals surface area contributed by atoms with Crippen LogP contribution < -0.4 is 10.2 Å². The molecule has 6 heteroatoms. The predicted molar refractivity (Wildman–Crippen MR) is 107 cm³/mol. The summed E-state index contributed by atoms with van der Waals surface area (Å²) in [5.41, 5.74) is 3.75. The molecule has 0 unspecified atom stereocenters. The highest BCUT2D eigenvalue weighted by Gasteiger charge is 2.35. The Hall–Kier alpha value is -3.93. The molecule has 0 aliphatic carbocycles. The molecule has 1 aliphatic rings. The molecule has 0 spiro atoms. The molecule has 6 nitrogen and oxygen atoms in total. The van der Waals surface area contributed by atoms with Crippen LogP contribution in [0.5, 0.6) is 0 Å². The van der Waals surface area contributed by atoms with E-state index in [1.165, 1.54) is 0 Å². The molecule has 2 heterocycles. The third kappa shape index (κ3) is 2.72. The van der Waals surface area contributed by atoms with Crippen molar-refractivity contribution in [2.24, 2.45) is 0 Å². The minimum Gasteiger partial charge on any atom is -0.359 e. The molecule has 0 bridgehead atoms. The number of aromatic nitrogens is 3. The number of rotatable bonds is 3. The number of carbonyl (C=O) groups excluding carboxylic acids is 1. The third-order valence-corrected chi connectivity index (χ3v) is 4.74. The Morgan fingerprint density at radius 3 is 2.18 bits per heavy atom. The molecular formula is C22H17N5O. The van der Waals surface area contributed by atoms with E-state index in [0.29, 0.717) is 11.3 Å². The molecule has 1 amide bonds. The second-order valence-electron chi connectivity index (χ2n) is 6.50. The number of para-hydroxylation sites is 3. The second-order valence-corrected chi connectivity index (χ2v) is 6.50. The molecule has 1 N–H and O–H groups in total. The first-order chi connectivity index (χ1) is 13.8. The molecule has 5 rings (SSSR count). The maximum atomic E-state index is 13.3. The van der Waals surface area contributed by atoms with Gasteiger partial charge in [-0.1, -0.05) is 48.5 Å². The van der Waals surface area contributed by atoms with Crippen LogP contribution in [0.1, 0.15) is 22.2 Å². The number of benzene rings is 3. The molecule has 0 saturated heterocycles. The van der Waals surface area contributed by atoms with Crippen molar-refractivity contribution in [1.29, 1.82) is 0 Å². The molecule has 1 atom stereocenters.